The molecule has 2 rings (SSSR count). The number of benzene rings is 2. The lowest BCUT2D eigenvalue weighted by molar-refractivity contribution is -0.129. The summed E-state index contributed by atoms with van der Waals surface area (Å²) in [6.45, 7) is 24.6. The highest BCUT2D eigenvalue weighted by Gasteiger charge is 2.26. The van der Waals surface area contributed by atoms with Crippen molar-refractivity contribution in [2.24, 2.45) is 10.2 Å². The Balaban J connectivity index is 2.13. The maximum Gasteiger partial charge on any atom is 0.249 e. The third-order valence-corrected chi connectivity index (χ3v) is 6.73. The molecular formula is C33H48N4O4. The molecule has 4 N–H and O–H groups in total. The molecule has 0 saturated heterocycles. The van der Waals surface area contributed by atoms with Crippen molar-refractivity contribution in [3.05, 3.63) is 57.6 Å². The van der Waals surface area contributed by atoms with Crippen LogP contribution in [-0.4, -0.2) is 34.5 Å². The van der Waals surface area contributed by atoms with Gasteiger partial charge in [-0.05, 0) is 44.9 Å². The van der Waals surface area contributed by atoms with Gasteiger partial charge in [-0.3, -0.25) is 9.59 Å². The molecule has 0 saturated carbocycles. The van der Waals surface area contributed by atoms with Crippen LogP contribution in [0.3, 0.4) is 0 Å². The molecule has 2 aromatic rings. The van der Waals surface area contributed by atoms with Gasteiger partial charge in [-0.2, -0.15) is 10.2 Å². The van der Waals surface area contributed by atoms with Gasteiger partial charge in [0.15, 0.2) is 0 Å². The molecule has 2 amide bonds. The first-order chi connectivity index (χ1) is 18.5. The maximum atomic E-state index is 12.3. The molecule has 224 valence electrons. The monoisotopic (exact) mass is 564 g/mol. The molecule has 8 heteroatoms. The minimum absolute atomic E-state index is 0.101. The van der Waals surface area contributed by atoms with Crippen LogP contribution in [0.15, 0.2) is 34.5 Å². The highest BCUT2D eigenvalue weighted by molar-refractivity contribution is 5.97. The lowest BCUT2D eigenvalue weighted by Crippen LogP contribution is -2.27. The van der Waals surface area contributed by atoms with Crippen molar-refractivity contribution in [3.63, 3.8) is 0 Å². The van der Waals surface area contributed by atoms with Crippen LogP contribution in [0.2, 0.25) is 0 Å². The van der Waals surface area contributed by atoms with Crippen LogP contribution in [0.5, 0.6) is 11.5 Å². The molecule has 0 atom stereocenters. The Morgan fingerprint density at radius 2 is 0.927 bits per heavy atom. The van der Waals surface area contributed by atoms with E-state index in [-0.39, 0.29) is 33.2 Å². The summed E-state index contributed by atoms with van der Waals surface area (Å²) >= 11 is 0. The Morgan fingerprint density at radius 3 is 1.20 bits per heavy atom. The summed E-state index contributed by atoms with van der Waals surface area (Å²) in [6.07, 6.45) is 2.26. The molecular weight excluding hydrogens is 516 g/mol. The van der Waals surface area contributed by atoms with Gasteiger partial charge in [-0.15, -0.1) is 0 Å². The molecule has 0 aliphatic carbocycles. The predicted molar refractivity (Wildman–Crippen MR) is 167 cm³/mol. The van der Waals surface area contributed by atoms with Gasteiger partial charge >= 0.3 is 0 Å². The number of carbonyl (C=O) groups is 2. The Morgan fingerprint density at radius 1 is 0.610 bits per heavy atom. The van der Waals surface area contributed by atoms with Gasteiger partial charge in [0.25, 0.3) is 0 Å². The molecule has 8 nitrogen and oxygen atoms in total. The summed E-state index contributed by atoms with van der Waals surface area (Å²) in [4.78, 5) is 24.7. The first kappa shape index (κ1) is 33.5. The number of aromatic hydroxyl groups is 2. The number of hydrogen-bond acceptors (Lipinski definition) is 6. The molecule has 0 unspecified atom stereocenters. The summed E-state index contributed by atoms with van der Waals surface area (Å²) < 4.78 is 0. The van der Waals surface area contributed by atoms with Crippen molar-refractivity contribution < 1.29 is 19.8 Å². The molecule has 0 radical (unpaired) electrons. The number of nitrogens with zero attached hydrogens (tertiary/aromatic N) is 2. The first-order valence-corrected chi connectivity index (χ1v) is 13.9. The largest absolute Gasteiger partial charge is 0.507 e. The number of rotatable bonds is 6. The number of amides is 2. The van der Waals surface area contributed by atoms with E-state index in [0.29, 0.717) is 11.1 Å². The van der Waals surface area contributed by atoms with Crippen LogP contribution in [-0.2, 0) is 31.2 Å². The second-order valence-electron chi connectivity index (χ2n) is 14.7. The zero-order valence-electron chi connectivity index (χ0n) is 26.8. The lowest BCUT2D eigenvalue weighted by atomic mass is 9.79. The quantitative estimate of drug-likeness (QED) is 0.187. The Labute approximate surface area is 245 Å². The normalized spacial score (nSPS) is 13.2. The second-order valence-corrected chi connectivity index (χ2v) is 14.7. The molecule has 0 aliphatic heterocycles. The lowest BCUT2D eigenvalue weighted by Gasteiger charge is -2.26. The fraction of sp³-hybridized carbons (Fsp3) is 0.515. The third kappa shape index (κ3) is 9.17. The van der Waals surface area contributed by atoms with E-state index in [1.165, 1.54) is 12.4 Å². The van der Waals surface area contributed by atoms with Crippen molar-refractivity contribution in [2.45, 2.75) is 111 Å². The highest BCUT2D eigenvalue weighted by atomic mass is 16.3. The van der Waals surface area contributed by atoms with E-state index in [9.17, 15) is 19.8 Å². The summed E-state index contributed by atoms with van der Waals surface area (Å²) in [5, 5.41) is 29.7. The van der Waals surface area contributed by atoms with E-state index in [4.69, 9.17) is 0 Å². The smallest absolute Gasteiger partial charge is 0.249 e. The number of nitrogens with one attached hydrogen (secondary N) is 2. The number of phenols is 2. The molecule has 0 aliphatic rings. The van der Waals surface area contributed by atoms with E-state index in [2.05, 4.69) is 62.6 Å². The van der Waals surface area contributed by atoms with Gasteiger partial charge in [0.05, 0.1) is 12.4 Å². The fourth-order valence-electron chi connectivity index (χ4n) is 4.09. The minimum Gasteiger partial charge on any atom is -0.507 e. The van der Waals surface area contributed by atoms with E-state index >= 15 is 0 Å². The van der Waals surface area contributed by atoms with Crippen LogP contribution in [0.25, 0.3) is 0 Å². The molecule has 0 aromatic heterocycles. The SMILES string of the molecule is CC(C)(C)c1cc(C=NNC(=O)CC(=O)NN=Cc2cc(C(C)(C)C)cc(C(C)(C)C)c2O)c(O)c(C(C)(C)C)c1. The fourth-order valence-corrected chi connectivity index (χ4v) is 4.09. The van der Waals surface area contributed by atoms with E-state index in [1.54, 1.807) is 0 Å². The second kappa shape index (κ2) is 12.0. The molecule has 0 spiro atoms. The standard InChI is InChI=1S/C33H48N4O4/c1-30(2,3)22-13-20(28(40)24(15-22)32(7,8)9)18-34-36-26(38)17-27(39)37-35-19-21-14-23(31(4,5)6)16-25(29(21)41)33(10,11)12/h13-16,18-19,40-41H,17H2,1-12H3,(H,36,38)(H,37,39). The van der Waals surface area contributed by atoms with Gasteiger partial charge in [0, 0.05) is 22.3 Å². The van der Waals surface area contributed by atoms with E-state index in [1.807, 2.05) is 65.8 Å². The van der Waals surface area contributed by atoms with E-state index < -0.39 is 18.2 Å². The Bertz CT molecular complexity index is 1240. The number of carbonyl (C=O) groups excluding carboxylic acids is 2. The molecule has 2 aromatic carbocycles. The van der Waals surface area contributed by atoms with E-state index in [0.717, 1.165) is 22.3 Å². The van der Waals surface area contributed by atoms with Crippen molar-refractivity contribution >= 4 is 24.2 Å². The summed E-state index contributed by atoms with van der Waals surface area (Å²) in [7, 11) is 0. The molecule has 0 bridgehead atoms. The topological polar surface area (TPSA) is 123 Å². The van der Waals surface area contributed by atoms with Crippen LogP contribution >= 0.6 is 0 Å². The predicted octanol–water partition coefficient (Wildman–Crippen LogP) is 6.28. The Kier molecular flexibility index (Phi) is 9.85. The van der Waals surface area contributed by atoms with Crippen molar-refractivity contribution in [3.8, 4) is 11.5 Å². The van der Waals surface area contributed by atoms with Crippen LogP contribution < -0.4 is 10.9 Å². The van der Waals surface area contributed by atoms with Crippen LogP contribution in [0.1, 0.15) is 123 Å². The Hall–Kier alpha value is -3.68. The third-order valence-electron chi connectivity index (χ3n) is 6.73. The first-order valence-electron chi connectivity index (χ1n) is 13.9. The summed E-state index contributed by atoms with van der Waals surface area (Å²) in [6, 6.07) is 7.69. The zero-order chi connectivity index (χ0) is 31.6. The minimum atomic E-state index is -0.635. The van der Waals surface area contributed by atoms with Gasteiger partial charge in [0.2, 0.25) is 11.8 Å². The molecule has 0 fully saturated rings. The van der Waals surface area contributed by atoms with Gasteiger partial charge in [-0.25, -0.2) is 10.9 Å². The number of hydrogen-bond donors (Lipinski definition) is 4. The molecule has 41 heavy (non-hydrogen) atoms. The number of hydrazone groups is 2. The van der Waals surface area contributed by atoms with Gasteiger partial charge < -0.3 is 10.2 Å². The van der Waals surface area contributed by atoms with Crippen molar-refractivity contribution in [2.75, 3.05) is 0 Å². The molecule has 0 heterocycles. The van der Waals surface area contributed by atoms with Gasteiger partial charge in [0.1, 0.15) is 17.9 Å². The van der Waals surface area contributed by atoms with Crippen LogP contribution in [0, 0.1) is 0 Å². The highest BCUT2D eigenvalue weighted by Crippen LogP contribution is 2.38. The number of phenolic OH excluding ortho intramolecular Hbond substituents is 2. The maximum absolute atomic E-state index is 12.3. The average Bonchev–Trinajstić information content (AvgIpc) is 2.78. The van der Waals surface area contributed by atoms with Crippen LogP contribution in [0.4, 0.5) is 0 Å². The zero-order valence-corrected chi connectivity index (χ0v) is 26.8. The van der Waals surface area contributed by atoms with Crippen molar-refractivity contribution in [1.29, 1.82) is 0 Å². The van der Waals surface area contributed by atoms with Gasteiger partial charge in [-0.1, -0.05) is 95.2 Å². The van der Waals surface area contributed by atoms with Crippen molar-refractivity contribution in [1.82, 2.24) is 10.9 Å². The summed E-state index contributed by atoms with van der Waals surface area (Å²) in [5.41, 5.74) is 8.34. The summed E-state index contributed by atoms with van der Waals surface area (Å²) in [5.74, 6) is -1.07. The average molecular weight is 565 g/mol.